The van der Waals surface area contributed by atoms with Gasteiger partial charge in [-0.2, -0.15) is 0 Å². The zero-order valence-electron chi connectivity index (χ0n) is 14.2. The van der Waals surface area contributed by atoms with Gasteiger partial charge in [-0.1, -0.05) is 29.8 Å². The summed E-state index contributed by atoms with van der Waals surface area (Å²) in [4.78, 5) is 35.1. The molecular weight excluding hydrogens is 336 g/mol. The van der Waals surface area contributed by atoms with E-state index in [1.54, 1.807) is 24.3 Å². The number of nitrogens with one attached hydrogen (secondary N) is 2. The number of rotatable bonds is 7. The van der Waals surface area contributed by atoms with Gasteiger partial charge >= 0.3 is 0 Å². The summed E-state index contributed by atoms with van der Waals surface area (Å²) in [6, 6.07) is 14.3. The van der Waals surface area contributed by atoms with Crippen LogP contribution in [0.15, 0.2) is 48.5 Å². The molecule has 2 aromatic carbocycles. The Balaban J connectivity index is 1.74. The molecule has 2 N–H and O–H groups in total. The van der Waals surface area contributed by atoms with Crippen LogP contribution in [0, 0.1) is 6.92 Å². The van der Waals surface area contributed by atoms with E-state index in [2.05, 4.69) is 10.6 Å². The third-order valence-corrected chi connectivity index (χ3v) is 4.29. The van der Waals surface area contributed by atoms with Crippen molar-refractivity contribution in [2.75, 3.05) is 22.1 Å². The number of aryl methyl sites for hydroxylation is 1. The number of amides is 2. The quantitative estimate of drug-likeness (QED) is 0.745. The van der Waals surface area contributed by atoms with Crippen LogP contribution in [0.4, 0.5) is 11.4 Å². The number of hydrogen-bond donors (Lipinski definition) is 2. The first-order valence-corrected chi connectivity index (χ1v) is 8.94. The second-order valence-electron chi connectivity index (χ2n) is 5.59. The van der Waals surface area contributed by atoms with Crippen LogP contribution in [0.3, 0.4) is 0 Å². The van der Waals surface area contributed by atoms with Gasteiger partial charge in [0.05, 0.1) is 11.5 Å². The van der Waals surface area contributed by atoms with Gasteiger partial charge in [-0.05, 0) is 38.1 Å². The lowest BCUT2D eigenvalue weighted by molar-refractivity contribution is -0.114. The molecule has 2 rings (SSSR count). The Morgan fingerprint density at radius 2 is 1.48 bits per heavy atom. The Morgan fingerprint density at radius 3 is 2.08 bits per heavy atom. The Bertz CT molecular complexity index is 772. The van der Waals surface area contributed by atoms with Gasteiger partial charge in [-0.3, -0.25) is 14.4 Å². The number of carbonyl (C=O) groups is 3. The monoisotopic (exact) mass is 356 g/mol. The third-order valence-electron chi connectivity index (χ3n) is 3.35. The SMILES string of the molecule is CC(=O)c1cccc(NC(=O)CSCC(=O)Nc2ccc(C)cc2)c1. The van der Waals surface area contributed by atoms with Crippen LogP contribution in [0.2, 0.25) is 0 Å². The number of ketones is 1. The van der Waals surface area contributed by atoms with Crippen molar-refractivity contribution in [2.24, 2.45) is 0 Å². The minimum Gasteiger partial charge on any atom is -0.325 e. The highest BCUT2D eigenvalue weighted by molar-refractivity contribution is 8.00. The minimum absolute atomic E-state index is 0.0572. The van der Waals surface area contributed by atoms with E-state index in [-0.39, 0.29) is 29.1 Å². The van der Waals surface area contributed by atoms with Crippen molar-refractivity contribution < 1.29 is 14.4 Å². The number of benzene rings is 2. The first-order valence-electron chi connectivity index (χ1n) is 7.79. The van der Waals surface area contributed by atoms with E-state index in [1.165, 1.54) is 18.7 Å². The van der Waals surface area contributed by atoms with E-state index in [1.807, 2.05) is 31.2 Å². The second-order valence-corrected chi connectivity index (χ2v) is 6.58. The zero-order chi connectivity index (χ0) is 18.2. The van der Waals surface area contributed by atoms with Gasteiger partial charge in [0.1, 0.15) is 0 Å². The molecule has 0 heterocycles. The van der Waals surface area contributed by atoms with E-state index in [0.717, 1.165) is 11.3 Å². The van der Waals surface area contributed by atoms with Crippen LogP contribution < -0.4 is 10.6 Å². The zero-order valence-corrected chi connectivity index (χ0v) is 15.0. The summed E-state index contributed by atoms with van der Waals surface area (Å²) in [5.74, 6) is -0.0762. The molecular formula is C19H20N2O3S. The van der Waals surface area contributed by atoms with Crippen LogP contribution in [0.25, 0.3) is 0 Å². The van der Waals surface area contributed by atoms with Crippen molar-refractivity contribution >= 4 is 40.7 Å². The standard InChI is InChI=1S/C19H20N2O3S/c1-13-6-8-16(9-7-13)20-18(23)11-25-12-19(24)21-17-5-3-4-15(10-17)14(2)22/h3-10H,11-12H2,1-2H3,(H,20,23)(H,21,24). The fourth-order valence-electron chi connectivity index (χ4n) is 2.08. The second kappa shape index (κ2) is 9.03. The molecule has 6 heteroatoms. The first kappa shape index (κ1) is 18.7. The number of hydrogen-bond acceptors (Lipinski definition) is 4. The average molecular weight is 356 g/mol. The summed E-state index contributed by atoms with van der Waals surface area (Å²) >= 11 is 1.23. The lowest BCUT2D eigenvalue weighted by Gasteiger charge is -2.07. The maximum Gasteiger partial charge on any atom is 0.234 e. The molecule has 2 amide bonds. The molecule has 0 aromatic heterocycles. The highest BCUT2D eigenvalue weighted by Gasteiger charge is 2.08. The lowest BCUT2D eigenvalue weighted by atomic mass is 10.1. The molecule has 0 aliphatic carbocycles. The largest absolute Gasteiger partial charge is 0.325 e. The molecule has 2 aromatic rings. The molecule has 25 heavy (non-hydrogen) atoms. The Morgan fingerprint density at radius 1 is 0.880 bits per heavy atom. The topological polar surface area (TPSA) is 75.3 Å². The van der Waals surface area contributed by atoms with Crippen molar-refractivity contribution in [3.05, 3.63) is 59.7 Å². The number of anilines is 2. The van der Waals surface area contributed by atoms with Crippen molar-refractivity contribution in [2.45, 2.75) is 13.8 Å². The molecule has 0 saturated heterocycles. The van der Waals surface area contributed by atoms with E-state index in [9.17, 15) is 14.4 Å². The van der Waals surface area contributed by atoms with Crippen molar-refractivity contribution in [1.29, 1.82) is 0 Å². The molecule has 130 valence electrons. The van der Waals surface area contributed by atoms with Gasteiger partial charge in [-0.25, -0.2) is 0 Å². The Kier molecular flexibility index (Phi) is 6.77. The molecule has 0 spiro atoms. The van der Waals surface area contributed by atoms with Crippen LogP contribution in [-0.4, -0.2) is 29.1 Å². The summed E-state index contributed by atoms with van der Waals surface area (Å²) < 4.78 is 0. The molecule has 0 aliphatic rings. The van der Waals surface area contributed by atoms with Crippen LogP contribution in [0.1, 0.15) is 22.8 Å². The maximum absolute atomic E-state index is 11.9. The Labute approximate surface area is 151 Å². The van der Waals surface area contributed by atoms with E-state index in [0.29, 0.717) is 11.3 Å². The smallest absolute Gasteiger partial charge is 0.234 e. The van der Waals surface area contributed by atoms with Crippen LogP contribution in [0.5, 0.6) is 0 Å². The van der Waals surface area contributed by atoms with E-state index in [4.69, 9.17) is 0 Å². The summed E-state index contributed by atoms with van der Waals surface area (Å²) in [6.45, 7) is 3.45. The molecule has 0 radical (unpaired) electrons. The molecule has 0 saturated carbocycles. The molecule has 5 nitrogen and oxygen atoms in total. The van der Waals surface area contributed by atoms with Crippen molar-refractivity contribution in [1.82, 2.24) is 0 Å². The molecule has 0 fully saturated rings. The van der Waals surface area contributed by atoms with Crippen molar-refractivity contribution in [3.63, 3.8) is 0 Å². The average Bonchev–Trinajstić information content (AvgIpc) is 2.57. The molecule has 0 unspecified atom stereocenters. The van der Waals surface area contributed by atoms with Gasteiger partial charge in [0, 0.05) is 16.9 Å². The summed E-state index contributed by atoms with van der Waals surface area (Å²) in [7, 11) is 0. The predicted octanol–water partition coefficient (Wildman–Crippen LogP) is 3.51. The van der Waals surface area contributed by atoms with Gasteiger partial charge in [0.25, 0.3) is 0 Å². The fraction of sp³-hybridized carbons (Fsp3) is 0.211. The van der Waals surface area contributed by atoms with Crippen LogP contribution in [-0.2, 0) is 9.59 Å². The summed E-state index contributed by atoms with van der Waals surface area (Å²) in [5, 5.41) is 5.51. The fourth-order valence-corrected chi connectivity index (χ4v) is 2.70. The first-order chi connectivity index (χ1) is 11.9. The Hall–Kier alpha value is -2.60. The number of carbonyl (C=O) groups excluding carboxylic acids is 3. The van der Waals surface area contributed by atoms with Gasteiger partial charge < -0.3 is 10.6 Å². The van der Waals surface area contributed by atoms with Crippen molar-refractivity contribution in [3.8, 4) is 0 Å². The highest BCUT2D eigenvalue weighted by atomic mass is 32.2. The maximum atomic E-state index is 11.9. The van der Waals surface area contributed by atoms with Gasteiger partial charge in [0.15, 0.2) is 5.78 Å². The molecule has 0 atom stereocenters. The van der Waals surface area contributed by atoms with E-state index >= 15 is 0 Å². The predicted molar refractivity (Wildman–Crippen MR) is 102 cm³/mol. The van der Waals surface area contributed by atoms with Gasteiger partial charge in [0.2, 0.25) is 11.8 Å². The van der Waals surface area contributed by atoms with Crippen LogP contribution >= 0.6 is 11.8 Å². The molecule has 0 bridgehead atoms. The summed E-state index contributed by atoms with van der Waals surface area (Å²) in [5.41, 5.74) is 2.98. The highest BCUT2D eigenvalue weighted by Crippen LogP contribution is 2.13. The lowest BCUT2D eigenvalue weighted by Crippen LogP contribution is -2.18. The number of thioether (sulfide) groups is 1. The minimum atomic E-state index is -0.214. The molecule has 0 aliphatic heterocycles. The van der Waals surface area contributed by atoms with Gasteiger partial charge in [-0.15, -0.1) is 11.8 Å². The third kappa shape index (κ3) is 6.43. The number of Topliss-reactive ketones (excluding diaryl/α,β-unsaturated/α-hetero) is 1. The normalized spacial score (nSPS) is 10.2. The van der Waals surface area contributed by atoms with E-state index < -0.39 is 0 Å². The summed E-state index contributed by atoms with van der Waals surface area (Å²) in [6.07, 6.45) is 0.